The van der Waals surface area contributed by atoms with Gasteiger partial charge in [0.05, 0.1) is 19.8 Å². The first kappa shape index (κ1) is 73.2. The van der Waals surface area contributed by atoms with Crippen molar-refractivity contribution in [3.63, 3.8) is 0 Å². The highest BCUT2D eigenvalue weighted by Crippen LogP contribution is 2.43. The van der Waals surface area contributed by atoms with E-state index < -0.39 is 57.8 Å². The van der Waals surface area contributed by atoms with Gasteiger partial charge in [-0.3, -0.25) is 23.4 Å². The number of hydrogen-bond acceptors (Lipinski definition) is 10. The van der Waals surface area contributed by atoms with E-state index in [2.05, 4.69) is 81.5 Å². The highest BCUT2D eigenvalue weighted by Gasteiger charge is 2.28. The van der Waals surface area contributed by atoms with Gasteiger partial charge < -0.3 is 24.2 Å². The van der Waals surface area contributed by atoms with Crippen LogP contribution >= 0.6 is 7.82 Å². The SMILES string of the molecule is CC/C=C\C/C=C\C/C=C\C/C=C\CCCCCCCCC(=O)OC(COC(=O)CCCCCCCCCCCCCCCCCCC)COP(=O)(O)OCC(CO)OC(=O)CCCCCCC/C=C\CCCCCC. The van der Waals surface area contributed by atoms with Gasteiger partial charge in [-0.1, -0.05) is 248 Å². The summed E-state index contributed by atoms with van der Waals surface area (Å²) in [5, 5.41) is 9.82. The fourth-order valence-electron chi connectivity index (χ4n) is 8.70. The van der Waals surface area contributed by atoms with Gasteiger partial charge in [0.2, 0.25) is 0 Å². The Kier molecular flexibility index (Phi) is 56.2. The third-order valence-electron chi connectivity index (χ3n) is 13.4. The van der Waals surface area contributed by atoms with E-state index in [1.54, 1.807) is 0 Å². The highest BCUT2D eigenvalue weighted by molar-refractivity contribution is 7.47. The van der Waals surface area contributed by atoms with Crippen molar-refractivity contribution in [3.8, 4) is 0 Å². The highest BCUT2D eigenvalue weighted by atomic mass is 31.2. The molecule has 0 heterocycles. The van der Waals surface area contributed by atoms with Crippen molar-refractivity contribution in [2.24, 2.45) is 0 Å². The number of carbonyl (C=O) groups is 3. The number of unbranched alkanes of at least 4 members (excludes halogenated alkanes) is 31. The van der Waals surface area contributed by atoms with Gasteiger partial charge in [0, 0.05) is 19.3 Å². The van der Waals surface area contributed by atoms with Gasteiger partial charge in [-0.05, 0) is 83.5 Å². The molecule has 11 nitrogen and oxygen atoms in total. The molecule has 12 heteroatoms. The molecule has 0 saturated heterocycles. The lowest BCUT2D eigenvalue weighted by Gasteiger charge is -2.21. The molecule has 0 radical (unpaired) electrons. The van der Waals surface area contributed by atoms with Crippen LogP contribution in [-0.2, 0) is 42.2 Å². The van der Waals surface area contributed by atoms with E-state index in [9.17, 15) is 28.9 Å². The summed E-state index contributed by atoms with van der Waals surface area (Å²) in [6.07, 6.45) is 64.6. The average molecular weight is 1090 g/mol. The Morgan fingerprint density at radius 2 is 0.684 bits per heavy atom. The van der Waals surface area contributed by atoms with E-state index in [1.165, 1.54) is 109 Å². The Hall–Kier alpha value is -2.82. The van der Waals surface area contributed by atoms with E-state index in [0.29, 0.717) is 19.3 Å². The van der Waals surface area contributed by atoms with Gasteiger partial charge in [-0.15, -0.1) is 0 Å². The Morgan fingerprint density at radius 1 is 0.382 bits per heavy atom. The van der Waals surface area contributed by atoms with Crippen molar-refractivity contribution in [1.29, 1.82) is 0 Å². The predicted octanol–water partition coefficient (Wildman–Crippen LogP) is 18.7. The molecule has 0 aliphatic carbocycles. The van der Waals surface area contributed by atoms with Crippen LogP contribution in [0.25, 0.3) is 0 Å². The molecule has 0 aromatic carbocycles. The zero-order chi connectivity index (χ0) is 55.5. The van der Waals surface area contributed by atoms with Crippen molar-refractivity contribution >= 4 is 25.7 Å². The van der Waals surface area contributed by atoms with Crippen molar-refractivity contribution in [3.05, 3.63) is 60.8 Å². The van der Waals surface area contributed by atoms with Crippen molar-refractivity contribution in [2.45, 2.75) is 303 Å². The normalized spacial score (nSPS) is 13.7. The first-order valence-corrected chi connectivity index (χ1v) is 32.7. The summed E-state index contributed by atoms with van der Waals surface area (Å²) in [5.41, 5.74) is 0. The van der Waals surface area contributed by atoms with Crippen LogP contribution in [0.4, 0.5) is 0 Å². The molecule has 0 aromatic rings. The summed E-state index contributed by atoms with van der Waals surface area (Å²) in [5.74, 6) is -1.47. The third-order valence-corrected chi connectivity index (χ3v) is 14.4. The Balaban J connectivity index is 4.72. The topological polar surface area (TPSA) is 155 Å². The number of carbonyl (C=O) groups excluding carboxylic acids is 3. The minimum Gasteiger partial charge on any atom is -0.462 e. The molecule has 3 unspecified atom stereocenters. The largest absolute Gasteiger partial charge is 0.472 e. The Morgan fingerprint density at radius 3 is 1.08 bits per heavy atom. The molecule has 0 aliphatic heterocycles. The number of phosphoric acid groups is 1. The van der Waals surface area contributed by atoms with E-state index in [-0.39, 0.29) is 25.9 Å². The number of aliphatic hydroxyl groups excluding tert-OH is 1. The molecule has 0 aliphatic rings. The lowest BCUT2D eigenvalue weighted by molar-refractivity contribution is -0.161. The third kappa shape index (κ3) is 55.9. The number of phosphoric ester groups is 1. The second kappa shape index (κ2) is 58.3. The summed E-state index contributed by atoms with van der Waals surface area (Å²) >= 11 is 0. The zero-order valence-corrected chi connectivity index (χ0v) is 49.9. The number of aliphatic hydroxyl groups is 1. The minimum absolute atomic E-state index is 0.152. The minimum atomic E-state index is -4.75. The lowest BCUT2D eigenvalue weighted by atomic mass is 10.0. The van der Waals surface area contributed by atoms with Gasteiger partial charge in [-0.25, -0.2) is 4.57 Å². The van der Waals surface area contributed by atoms with Crippen molar-refractivity contribution < 1.29 is 52.2 Å². The van der Waals surface area contributed by atoms with E-state index in [1.807, 2.05) is 0 Å². The molecule has 442 valence electrons. The maximum absolute atomic E-state index is 12.9. The summed E-state index contributed by atoms with van der Waals surface area (Å²) < 4.78 is 39.6. The first-order chi connectivity index (χ1) is 37.2. The van der Waals surface area contributed by atoms with Gasteiger partial charge in [0.1, 0.15) is 12.7 Å². The fourth-order valence-corrected chi connectivity index (χ4v) is 9.48. The molecule has 0 fully saturated rings. The molecule has 76 heavy (non-hydrogen) atoms. The second-order valence-corrected chi connectivity index (χ2v) is 22.3. The smallest absolute Gasteiger partial charge is 0.462 e. The molecule has 2 N–H and O–H groups in total. The van der Waals surface area contributed by atoms with Crippen LogP contribution in [-0.4, -0.2) is 66.5 Å². The molecule has 0 rings (SSSR count). The number of hydrogen-bond donors (Lipinski definition) is 2. The standard InChI is InChI=1S/C64H115O11P/c1-4-7-10-13-16-19-22-25-27-29-30-32-34-37-40-43-46-49-52-55-64(68)75-61(57-71-62(66)53-50-47-44-41-38-36-33-31-28-26-23-20-17-14-11-8-5-2)59-73-76(69,70)72-58-60(56-65)74-63(67)54-51-48-45-42-39-35-24-21-18-15-12-9-6-3/h7,10,16,19,21,24-25,27,30,32,60-61,65H,4-6,8-9,11-15,17-18,20,22-23,26,28-29,31,33-59H2,1-3H3,(H,69,70)/b10-7-,19-16-,24-21-,27-25-,32-30-. The van der Waals surface area contributed by atoms with Crippen LogP contribution in [0.1, 0.15) is 290 Å². The number of allylic oxidation sites excluding steroid dienone is 10. The molecule has 0 bridgehead atoms. The summed E-state index contributed by atoms with van der Waals surface area (Å²) in [7, 11) is -4.75. The maximum atomic E-state index is 12.9. The molecular weight excluding hydrogens is 976 g/mol. The van der Waals surface area contributed by atoms with Crippen molar-refractivity contribution in [2.75, 3.05) is 26.4 Å². The molecule has 0 spiro atoms. The molecule has 3 atom stereocenters. The van der Waals surface area contributed by atoms with Crippen LogP contribution < -0.4 is 0 Å². The molecular formula is C64H115O11P. The summed E-state index contributed by atoms with van der Waals surface area (Å²) in [6.45, 7) is 4.54. The van der Waals surface area contributed by atoms with Crippen LogP contribution in [0.15, 0.2) is 60.8 Å². The first-order valence-electron chi connectivity index (χ1n) is 31.2. The molecule has 0 aromatic heterocycles. The Bertz CT molecular complexity index is 1510. The van der Waals surface area contributed by atoms with E-state index in [0.717, 1.165) is 122 Å². The Labute approximate surface area is 465 Å². The van der Waals surface area contributed by atoms with Gasteiger partial charge in [0.25, 0.3) is 0 Å². The van der Waals surface area contributed by atoms with Gasteiger partial charge in [0.15, 0.2) is 6.10 Å². The van der Waals surface area contributed by atoms with E-state index in [4.69, 9.17) is 23.3 Å². The zero-order valence-electron chi connectivity index (χ0n) is 49.0. The number of ether oxygens (including phenoxy) is 3. The average Bonchev–Trinajstić information content (AvgIpc) is 3.41. The van der Waals surface area contributed by atoms with E-state index >= 15 is 0 Å². The van der Waals surface area contributed by atoms with Crippen LogP contribution in [0.2, 0.25) is 0 Å². The summed E-state index contributed by atoms with van der Waals surface area (Å²) in [4.78, 5) is 48.7. The quantitative estimate of drug-likeness (QED) is 0.0197. The summed E-state index contributed by atoms with van der Waals surface area (Å²) in [6, 6.07) is 0. The van der Waals surface area contributed by atoms with Crippen LogP contribution in [0.5, 0.6) is 0 Å². The predicted molar refractivity (Wildman–Crippen MR) is 316 cm³/mol. The molecule has 0 amide bonds. The van der Waals surface area contributed by atoms with Crippen molar-refractivity contribution in [1.82, 2.24) is 0 Å². The fraction of sp³-hybridized carbons (Fsp3) is 0.797. The molecule has 0 saturated carbocycles. The van der Waals surface area contributed by atoms with Gasteiger partial charge >= 0.3 is 25.7 Å². The maximum Gasteiger partial charge on any atom is 0.472 e. The lowest BCUT2D eigenvalue weighted by Crippen LogP contribution is -2.30. The number of rotatable bonds is 58. The van der Waals surface area contributed by atoms with Crippen LogP contribution in [0.3, 0.4) is 0 Å². The second-order valence-electron chi connectivity index (χ2n) is 20.8. The van der Waals surface area contributed by atoms with Gasteiger partial charge in [-0.2, -0.15) is 0 Å². The van der Waals surface area contributed by atoms with Crippen LogP contribution in [0, 0.1) is 0 Å². The monoisotopic (exact) mass is 1090 g/mol. The number of esters is 3.